The Morgan fingerprint density at radius 2 is 1.88 bits per heavy atom. The maximum Gasteiger partial charge on any atom is 0.238 e. The number of amides is 1. The lowest BCUT2D eigenvalue weighted by atomic mass is 10.0. The highest BCUT2D eigenvalue weighted by Crippen LogP contribution is 2.21. The molecule has 1 amide bonds. The van der Waals surface area contributed by atoms with Crippen LogP contribution in [0, 0.1) is 0 Å². The zero-order valence-electron chi connectivity index (χ0n) is 13.6. The summed E-state index contributed by atoms with van der Waals surface area (Å²) >= 11 is 1.73. The number of hydrogen-bond donors (Lipinski definition) is 3. The highest BCUT2D eigenvalue weighted by Gasteiger charge is 2.13. The topological polar surface area (TPSA) is 83.3 Å². The molecule has 1 saturated heterocycles. The van der Waals surface area contributed by atoms with Gasteiger partial charge in [-0.25, -0.2) is 10.8 Å². The van der Waals surface area contributed by atoms with Crippen LogP contribution < -0.4 is 21.5 Å². The average molecular weight is 362 g/mol. The van der Waals surface area contributed by atoms with Crippen molar-refractivity contribution in [3.05, 3.63) is 46.5 Å². The highest BCUT2D eigenvalue weighted by atomic mass is 32.1. The Kier molecular flexibility index (Phi) is 7.36. The van der Waals surface area contributed by atoms with Crippen molar-refractivity contribution in [3.8, 4) is 0 Å². The number of piperazine rings is 1. The van der Waals surface area contributed by atoms with Crippen LogP contribution in [0.15, 0.2) is 29.6 Å². The third-order valence-corrected chi connectivity index (χ3v) is 5.10. The maximum atomic E-state index is 11.3. The fourth-order valence-corrected chi connectivity index (χ4v) is 3.66. The van der Waals surface area contributed by atoms with Crippen molar-refractivity contribution in [2.24, 2.45) is 5.84 Å². The van der Waals surface area contributed by atoms with Gasteiger partial charge < -0.3 is 10.2 Å². The normalized spacial score (nSPS) is 14.0. The number of anilines is 1. The van der Waals surface area contributed by atoms with E-state index in [2.05, 4.69) is 33.2 Å². The molecule has 0 spiro atoms. The summed E-state index contributed by atoms with van der Waals surface area (Å²) in [6.07, 6.45) is 2.20. The molecule has 0 unspecified atom stereocenters. The Labute approximate surface area is 153 Å². The standard InChI is InChI=1S/C17H23N5OS.CH4/c18-21-16(23)11-14-3-1-13(2-4-14)5-6-15-12-24-17(20-15)22-9-7-19-8-10-22;/h1-4,12,19H,5-11,18H2,(H,21,23);1H4. The van der Waals surface area contributed by atoms with Crippen LogP contribution in [0.5, 0.6) is 0 Å². The number of nitrogens with two attached hydrogens (primary N) is 1. The lowest BCUT2D eigenvalue weighted by molar-refractivity contribution is -0.120. The molecule has 136 valence electrons. The third kappa shape index (κ3) is 5.52. The quantitative estimate of drug-likeness (QED) is 0.413. The minimum atomic E-state index is -0.175. The zero-order valence-corrected chi connectivity index (χ0v) is 14.4. The summed E-state index contributed by atoms with van der Waals surface area (Å²) in [6, 6.07) is 8.11. The molecule has 1 aromatic carbocycles. The first-order valence-electron chi connectivity index (χ1n) is 8.22. The van der Waals surface area contributed by atoms with Crippen LogP contribution in [-0.2, 0) is 24.1 Å². The molecule has 2 aromatic rings. The number of benzene rings is 1. The smallest absolute Gasteiger partial charge is 0.238 e. The van der Waals surface area contributed by atoms with E-state index in [0.717, 1.165) is 55.4 Å². The second-order valence-electron chi connectivity index (χ2n) is 5.92. The number of nitrogens with one attached hydrogen (secondary N) is 2. The van der Waals surface area contributed by atoms with Gasteiger partial charge in [-0.2, -0.15) is 0 Å². The number of hydrogen-bond acceptors (Lipinski definition) is 6. The number of aromatic nitrogens is 1. The Morgan fingerprint density at radius 3 is 2.56 bits per heavy atom. The van der Waals surface area contributed by atoms with Gasteiger partial charge in [-0.05, 0) is 24.0 Å². The van der Waals surface area contributed by atoms with Crippen LogP contribution >= 0.6 is 11.3 Å². The molecule has 0 radical (unpaired) electrons. The van der Waals surface area contributed by atoms with Gasteiger partial charge in [-0.1, -0.05) is 31.7 Å². The van der Waals surface area contributed by atoms with E-state index in [1.807, 2.05) is 12.1 Å². The highest BCUT2D eigenvalue weighted by molar-refractivity contribution is 7.13. The van der Waals surface area contributed by atoms with Gasteiger partial charge in [0.05, 0.1) is 12.1 Å². The molecule has 1 fully saturated rings. The van der Waals surface area contributed by atoms with Crippen LogP contribution in [0.2, 0.25) is 0 Å². The van der Waals surface area contributed by atoms with Gasteiger partial charge in [-0.15, -0.1) is 11.3 Å². The van der Waals surface area contributed by atoms with E-state index >= 15 is 0 Å². The summed E-state index contributed by atoms with van der Waals surface area (Å²) in [5.41, 5.74) is 5.53. The molecule has 7 heteroatoms. The Hall–Kier alpha value is -1.96. The third-order valence-electron chi connectivity index (χ3n) is 4.15. The molecule has 0 saturated carbocycles. The maximum absolute atomic E-state index is 11.3. The SMILES string of the molecule is C.NNC(=O)Cc1ccc(CCc2csc(N3CCNCC3)n2)cc1. The lowest BCUT2D eigenvalue weighted by Gasteiger charge is -2.26. The van der Waals surface area contributed by atoms with Crippen molar-refractivity contribution < 1.29 is 4.79 Å². The molecule has 1 aliphatic heterocycles. The molecule has 3 rings (SSSR count). The average Bonchev–Trinajstić information content (AvgIpc) is 3.11. The van der Waals surface area contributed by atoms with E-state index < -0.39 is 0 Å². The molecule has 0 atom stereocenters. The van der Waals surface area contributed by atoms with E-state index in [9.17, 15) is 4.79 Å². The molecule has 1 aliphatic rings. The molecular formula is C18H27N5OS. The summed E-state index contributed by atoms with van der Waals surface area (Å²) in [4.78, 5) is 18.4. The van der Waals surface area contributed by atoms with Crippen molar-refractivity contribution in [2.75, 3.05) is 31.1 Å². The first-order valence-corrected chi connectivity index (χ1v) is 9.10. The molecule has 6 nitrogen and oxygen atoms in total. The van der Waals surface area contributed by atoms with E-state index in [1.165, 1.54) is 5.56 Å². The van der Waals surface area contributed by atoms with Gasteiger partial charge >= 0.3 is 0 Å². The van der Waals surface area contributed by atoms with Crippen LogP contribution in [-0.4, -0.2) is 37.1 Å². The number of carbonyl (C=O) groups excluding carboxylic acids is 1. The minimum Gasteiger partial charge on any atom is -0.346 e. The molecule has 1 aromatic heterocycles. The monoisotopic (exact) mass is 361 g/mol. The summed E-state index contributed by atoms with van der Waals surface area (Å²) in [5, 5.41) is 6.66. The number of aryl methyl sites for hydroxylation is 2. The number of hydrazine groups is 1. The van der Waals surface area contributed by atoms with Gasteiger partial charge in [0.25, 0.3) is 0 Å². The van der Waals surface area contributed by atoms with Crippen molar-refractivity contribution in [2.45, 2.75) is 26.7 Å². The largest absolute Gasteiger partial charge is 0.346 e. The van der Waals surface area contributed by atoms with E-state index in [1.54, 1.807) is 11.3 Å². The number of nitrogens with zero attached hydrogens (tertiary/aromatic N) is 2. The number of rotatable bonds is 6. The molecular weight excluding hydrogens is 334 g/mol. The van der Waals surface area contributed by atoms with Gasteiger partial charge in [0.15, 0.2) is 5.13 Å². The lowest BCUT2D eigenvalue weighted by Crippen LogP contribution is -2.43. The van der Waals surface area contributed by atoms with Gasteiger partial charge in [-0.3, -0.25) is 10.2 Å². The number of thiazole rings is 1. The van der Waals surface area contributed by atoms with Gasteiger partial charge in [0.1, 0.15) is 0 Å². The predicted molar refractivity (Wildman–Crippen MR) is 104 cm³/mol. The Balaban J connectivity index is 0.00000225. The Bertz CT molecular complexity index is 664. The molecule has 0 aliphatic carbocycles. The molecule has 4 N–H and O–H groups in total. The summed E-state index contributed by atoms with van der Waals surface area (Å²) in [7, 11) is 0. The van der Waals surface area contributed by atoms with Crippen molar-refractivity contribution in [3.63, 3.8) is 0 Å². The van der Waals surface area contributed by atoms with Crippen molar-refractivity contribution >= 4 is 22.4 Å². The van der Waals surface area contributed by atoms with Crippen molar-refractivity contribution in [1.29, 1.82) is 0 Å². The minimum absolute atomic E-state index is 0. The predicted octanol–water partition coefficient (Wildman–Crippen LogP) is 1.51. The first kappa shape index (κ1) is 19.4. The van der Waals surface area contributed by atoms with Gasteiger partial charge in [0, 0.05) is 31.6 Å². The molecule has 0 bridgehead atoms. The van der Waals surface area contributed by atoms with Crippen LogP contribution in [0.1, 0.15) is 24.2 Å². The number of carbonyl (C=O) groups is 1. The first-order chi connectivity index (χ1) is 11.7. The van der Waals surface area contributed by atoms with Crippen LogP contribution in [0.4, 0.5) is 5.13 Å². The zero-order chi connectivity index (χ0) is 16.8. The summed E-state index contributed by atoms with van der Waals surface area (Å²) in [6.45, 7) is 4.13. The fraction of sp³-hybridized carbons (Fsp3) is 0.444. The second-order valence-corrected chi connectivity index (χ2v) is 6.76. The molecule has 25 heavy (non-hydrogen) atoms. The fourth-order valence-electron chi connectivity index (χ4n) is 2.75. The van der Waals surface area contributed by atoms with E-state index in [0.29, 0.717) is 6.42 Å². The summed E-state index contributed by atoms with van der Waals surface area (Å²) < 4.78 is 0. The van der Waals surface area contributed by atoms with Crippen LogP contribution in [0.25, 0.3) is 0 Å². The molecule has 2 heterocycles. The van der Waals surface area contributed by atoms with E-state index in [4.69, 9.17) is 10.8 Å². The Morgan fingerprint density at radius 1 is 1.20 bits per heavy atom. The van der Waals surface area contributed by atoms with Crippen LogP contribution in [0.3, 0.4) is 0 Å². The second kappa shape index (κ2) is 9.50. The summed E-state index contributed by atoms with van der Waals surface area (Å²) in [5.74, 6) is 4.93. The van der Waals surface area contributed by atoms with Gasteiger partial charge in [0.2, 0.25) is 5.91 Å². The van der Waals surface area contributed by atoms with E-state index in [-0.39, 0.29) is 13.3 Å². The van der Waals surface area contributed by atoms with Crippen molar-refractivity contribution in [1.82, 2.24) is 15.7 Å².